The molecule has 3 aliphatic heterocycles. The van der Waals surface area contributed by atoms with E-state index in [2.05, 4.69) is 38.0 Å². The van der Waals surface area contributed by atoms with E-state index in [-0.39, 0.29) is 49.5 Å². The van der Waals surface area contributed by atoms with Crippen LogP contribution >= 0.6 is 0 Å². The second kappa shape index (κ2) is 14.7. The van der Waals surface area contributed by atoms with Crippen LogP contribution < -0.4 is 26.8 Å². The molecule has 4 bridgehead atoms. The highest BCUT2D eigenvalue weighted by Gasteiger charge is 2.39. The molecule has 4 heterocycles. The summed E-state index contributed by atoms with van der Waals surface area (Å²) in [5.41, 5.74) is -0.597. The Balaban J connectivity index is 1.24. The SMILES string of the molecule is CCNC(=O)C(=O)CCC(NC(=O)C1CN2CCN1CC2)C(=O)Nc1cccn(CC(=O)NC2C(C)CC3CCCC2C3)c1=O. The van der Waals surface area contributed by atoms with Crippen LogP contribution in [0.5, 0.6) is 0 Å². The van der Waals surface area contributed by atoms with Gasteiger partial charge in [-0.1, -0.05) is 19.8 Å². The molecule has 2 saturated carbocycles. The van der Waals surface area contributed by atoms with Crippen LogP contribution in [-0.2, 0) is 30.5 Å². The number of anilines is 1. The van der Waals surface area contributed by atoms with Gasteiger partial charge in [0.25, 0.3) is 11.5 Å². The molecule has 4 amide bonds. The van der Waals surface area contributed by atoms with Crippen LogP contribution in [0.15, 0.2) is 23.1 Å². The van der Waals surface area contributed by atoms with Crippen molar-refractivity contribution in [2.75, 3.05) is 44.6 Å². The number of nitrogens with one attached hydrogen (secondary N) is 4. The number of ketones is 1. The Morgan fingerprint density at radius 2 is 1.82 bits per heavy atom. The molecule has 6 rings (SSSR count). The van der Waals surface area contributed by atoms with E-state index >= 15 is 0 Å². The molecule has 246 valence electrons. The zero-order chi connectivity index (χ0) is 32.1. The molecule has 45 heavy (non-hydrogen) atoms. The van der Waals surface area contributed by atoms with Crippen molar-refractivity contribution in [3.63, 3.8) is 0 Å². The van der Waals surface area contributed by atoms with Gasteiger partial charge in [-0.3, -0.25) is 38.6 Å². The molecule has 0 aromatic carbocycles. The Hall–Kier alpha value is -3.58. The molecule has 6 unspecified atom stereocenters. The third kappa shape index (κ3) is 7.99. The van der Waals surface area contributed by atoms with Gasteiger partial charge in [0.2, 0.25) is 23.5 Å². The standard InChI is InChI=1S/C32H47N7O6/c1-3-33-31(44)26(40)10-9-23(34-30(43)25-18-37-12-14-38(25)15-13-37)29(42)35-24-8-5-11-39(32(24)45)19-27(41)36-28-20(2)16-21-6-4-7-22(28)17-21/h5,8,11,20-23,25,28H,3-4,6-7,9-10,12-19H2,1-2H3,(H,33,44)(H,34,43)(H,35,42)(H,36,41). The first-order chi connectivity index (χ1) is 21.6. The lowest BCUT2D eigenvalue weighted by molar-refractivity contribution is -0.138. The van der Waals surface area contributed by atoms with Gasteiger partial charge in [-0.2, -0.15) is 0 Å². The van der Waals surface area contributed by atoms with E-state index in [4.69, 9.17) is 0 Å². The van der Waals surface area contributed by atoms with E-state index in [1.165, 1.54) is 29.7 Å². The minimum atomic E-state index is -1.16. The first-order valence-electron chi connectivity index (χ1n) is 16.5. The second-order valence-electron chi connectivity index (χ2n) is 13.2. The number of hydrogen-bond acceptors (Lipinski definition) is 8. The summed E-state index contributed by atoms with van der Waals surface area (Å²) < 4.78 is 1.26. The minimum absolute atomic E-state index is 0.0441. The van der Waals surface area contributed by atoms with Crippen LogP contribution in [0.25, 0.3) is 0 Å². The lowest BCUT2D eigenvalue weighted by Gasteiger charge is -2.46. The largest absolute Gasteiger partial charge is 0.351 e. The molecule has 13 nitrogen and oxygen atoms in total. The van der Waals surface area contributed by atoms with Crippen molar-refractivity contribution >= 4 is 35.1 Å². The number of amides is 4. The molecule has 5 aliphatic rings. The summed E-state index contributed by atoms with van der Waals surface area (Å²) in [5, 5.41) is 11.0. The van der Waals surface area contributed by atoms with Gasteiger partial charge in [-0.15, -0.1) is 0 Å². The lowest BCUT2D eigenvalue weighted by atomic mass is 9.65. The van der Waals surface area contributed by atoms with Crippen molar-refractivity contribution in [3.8, 4) is 0 Å². The van der Waals surface area contributed by atoms with Gasteiger partial charge in [0.15, 0.2) is 0 Å². The highest BCUT2D eigenvalue weighted by Crippen LogP contribution is 2.42. The van der Waals surface area contributed by atoms with E-state index in [1.54, 1.807) is 13.0 Å². The van der Waals surface area contributed by atoms with Crippen molar-refractivity contribution in [2.45, 2.75) is 83.5 Å². The number of piperazine rings is 3. The van der Waals surface area contributed by atoms with Crippen LogP contribution in [0.4, 0.5) is 5.69 Å². The molecule has 5 fully saturated rings. The van der Waals surface area contributed by atoms with Crippen molar-refractivity contribution in [1.82, 2.24) is 30.3 Å². The summed E-state index contributed by atoms with van der Waals surface area (Å²) >= 11 is 0. The predicted octanol–water partition coefficient (Wildman–Crippen LogP) is 0.0878. The number of aromatic nitrogens is 1. The van der Waals surface area contributed by atoms with E-state index in [0.29, 0.717) is 18.4 Å². The van der Waals surface area contributed by atoms with Crippen molar-refractivity contribution < 1.29 is 24.0 Å². The topological polar surface area (TPSA) is 162 Å². The Labute approximate surface area is 263 Å². The van der Waals surface area contributed by atoms with Gasteiger partial charge < -0.3 is 25.8 Å². The number of carbonyl (C=O) groups excluding carboxylic acids is 5. The number of Topliss-reactive ketones (excluding diaryl/α,β-unsaturated/α-hetero) is 1. The summed E-state index contributed by atoms with van der Waals surface area (Å²) in [7, 11) is 0. The number of likely N-dealkylation sites (N-methyl/N-ethyl adjacent to an activating group) is 1. The Kier molecular flexibility index (Phi) is 10.7. The molecular formula is C32H47N7O6. The number of hydrogen-bond donors (Lipinski definition) is 4. The normalized spacial score (nSPS) is 29.2. The summed E-state index contributed by atoms with van der Waals surface area (Å²) in [6.07, 6.45) is 6.94. The average Bonchev–Trinajstić information content (AvgIpc) is 3.03. The molecule has 0 spiro atoms. The van der Waals surface area contributed by atoms with Gasteiger partial charge in [-0.05, 0) is 62.5 Å². The smallest absolute Gasteiger partial charge is 0.287 e. The molecule has 13 heteroatoms. The van der Waals surface area contributed by atoms with Crippen LogP contribution in [0.1, 0.15) is 58.8 Å². The molecule has 3 saturated heterocycles. The maximum Gasteiger partial charge on any atom is 0.287 e. The fourth-order valence-corrected chi connectivity index (χ4v) is 7.68. The highest BCUT2D eigenvalue weighted by molar-refractivity contribution is 6.36. The monoisotopic (exact) mass is 625 g/mol. The van der Waals surface area contributed by atoms with E-state index in [0.717, 1.165) is 51.4 Å². The van der Waals surface area contributed by atoms with E-state index in [9.17, 15) is 28.8 Å². The Morgan fingerprint density at radius 1 is 1.04 bits per heavy atom. The maximum atomic E-state index is 13.5. The maximum absolute atomic E-state index is 13.5. The van der Waals surface area contributed by atoms with Crippen molar-refractivity contribution in [1.29, 1.82) is 0 Å². The molecule has 2 aliphatic carbocycles. The van der Waals surface area contributed by atoms with Gasteiger partial charge in [-0.25, -0.2) is 0 Å². The van der Waals surface area contributed by atoms with Crippen LogP contribution in [0.2, 0.25) is 0 Å². The summed E-state index contributed by atoms with van der Waals surface area (Å²) in [4.78, 5) is 81.9. The zero-order valence-electron chi connectivity index (χ0n) is 26.4. The third-order valence-corrected chi connectivity index (χ3v) is 10.0. The number of rotatable bonds is 12. The number of pyridine rings is 1. The number of carbonyl (C=O) groups is 5. The first kappa shape index (κ1) is 32.8. The quantitative estimate of drug-likeness (QED) is 0.238. The summed E-state index contributed by atoms with van der Waals surface area (Å²) in [5.74, 6) is -1.12. The molecular weight excluding hydrogens is 578 g/mol. The Morgan fingerprint density at radius 3 is 2.53 bits per heavy atom. The zero-order valence-corrected chi connectivity index (χ0v) is 26.4. The van der Waals surface area contributed by atoms with Gasteiger partial charge >= 0.3 is 0 Å². The van der Waals surface area contributed by atoms with Crippen LogP contribution in [-0.4, -0.2) is 101 Å². The van der Waals surface area contributed by atoms with Crippen LogP contribution in [0, 0.1) is 17.8 Å². The van der Waals surface area contributed by atoms with Crippen molar-refractivity contribution in [3.05, 3.63) is 28.7 Å². The summed E-state index contributed by atoms with van der Waals surface area (Å²) in [6, 6.07) is 1.52. The van der Waals surface area contributed by atoms with Crippen molar-refractivity contribution in [2.24, 2.45) is 17.8 Å². The van der Waals surface area contributed by atoms with Crippen LogP contribution in [0.3, 0.4) is 0 Å². The Bertz CT molecular complexity index is 1340. The molecule has 6 atom stereocenters. The number of fused-ring (bicyclic) bond motifs is 5. The van der Waals surface area contributed by atoms with Gasteiger partial charge in [0.05, 0.1) is 0 Å². The van der Waals surface area contributed by atoms with Gasteiger partial charge in [0.1, 0.15) is 24.3 Å². The second-order valence-corrected chi connectivity index (χ2v) is 13.2. The third-order valence-electron chi connectivity index (χ3n) is 10.0. The molecule has 1 aromatic heterocycles. The lowest BCUT2D eigenvalue weighted by Crippen LogP contribution is -2.66. The highest BCUT2D eigenvalue weighted by atomic mass is 16.2. The molecule has 4 N–H and O–H groups in total. The fourth-order valence-electron chi connectivity index (χ4n) is 7.68. The average molecular weight is 626 g/mol. The molecule has 0 radical (unpaired) electrons. The first-order valence-corrected chi connectivity index (χ1v) is 16.5. The number of nitrogens with zero attached hydrogens (tertiary/aromatic N) is 3. The summed E-state index contributed by atoms with van der Waals surface area (Å²) in [6.45, 7) is 7.81. The predicted molar refractivity (Wildman–Crippen MR) is 167 cm³/mol. The van der Waals surface area contributed by atoms with Gasteiger partial charge in [0, 0.05) is 57.9 Å². The minimum Gasteiger partial charge on any atom is -0.351 e. The van der Waals surface area contributed by atoms with E-state index < -0.39 is 35.2 Å². The molecule has 1 aromatic rings. The van der Waals surface area contributed by atoms with E-state index in [1.807, 2.05) is 0 Å². The fraction of sp³-hybridized carbons (Fsp3) is 0.688.